The number of nitrogens with zero attached hydrogens (tertiary/aromatic N) is 3. The van der Waals surface area contributed by atoms with E-state index in [9.17, 15) is 0 Å². The maximum atomic E-state index is 6.37. The number of hydrogen-bond donors (Lipinski definition) is 1. The van der Waals surface area contributed by atoms with Crippen molar-refractivity contribution in [3.63, 3.8) is 0 Å². The first-order valence-electron chi connectivity index (χ1n) is 10.5. The highest BCUT2D eigenvalue weighted by molar-refractivity contribution is 6.74. The molecule has 0 saturated heterocycles. The minimum absolute atomic E-state index is 0.208. The average molecular weight is 423 g/mol. The van der Waals surface area contributed by atoms with Gasteiger partial charge in [0.15, 0.2) is 8.32 Å². The molecule has 30 heavy (non-hydrogen) atoms. The molecule has 5 nitrogen and oxygen atoms in total. The zero-order chi connectivity index (χ0) is 22.1. The number of benzene rings is 1. The minimum atomic E-state index is -1.76. The van der Waals surface area contributed by atoms with E-state index in [-0.39, 0.29) is 5.04 Å². The Morgan fingerprint density at radius 2 is 1.83 bits per heavy atom. The van der Waals surface area contributed by atoms with E-state index in [2.05, 4.69) is 86.2 Å². The van der Waals surface area contributed by atoms with Crippen LogP contribution in [0.15, 0.2) is 37.2 Å². The molecule has 0 bridgehead atoms. The van der Waals surface area contributed by atoms with Crippen molar-refractivity contribution in [2.75, 3.05) is 12.3 Å². The SMILES string of the molecule is C=Cc1c(-c2ccc(C)cc2)c2c(N)ncnc2n1CCCO[Si](C)(C)C(C)(C)C. The summed E-state index contributed by atoms with van der Waals surface area (Å²) in [5, 5.41) is 1.10. The maximum Gasteiger partial charge on any atom is 0.191 e. The zero-order valence-electron chi connectivity index (χ0n) is 19.1. The van der Waals surface area contributed by atoms with Gasteiger partial charge in [0.1, 0.15) is 17.8 Å². The third kappa shape index (κ3) is 4.20. The molecule has 0 aliphatic carbocycles. The highest BCUT2D eigenvalue weighted by Gasteiger charge is 2.36. The molecule has 0 spiro atoms. The van der Waals surface area contributed by atoms with Crippen LogP contribution >= 0.6 is 0 Å². The lowest BCUT2D eigenvalue weighted by molar-refractivity contribution is 0.275. The fraction of sp³-hybridized carbons (Fsp3) is 0.417. The van der Waals surface area contributed by atoms with Crippen LogP contribution in [0.2, 0.25) is 18.1 Å². The number of aromatic nitrogens is 3. The van der Waals surface area contributed by atoms with Gasteiger partial charge < -0.3 is 14.7 Å². The number of anilines is 1. The molecule has 3 aromatic rings. The molecule has 160 valence electrons. The molecular formula is C24H34N4OSi. The van der Waals surface area contributed by atoms with E-state index in [1.54, 1.807) is 0 Å². The Labute approximate surface area is 181 Å². The molecule has 0 fully saturated rings. The van der Waals surface area contributed by atoms with Crippen molar-refractivity contribution in [1.29, 1.82) is 0 Å². The molecule has 0 radical (unpaired) electrons. The molecule has 3 rings (SSSR count). The third-order valence-corrected chi connectivity index (χ3v) is 10.8. The Morgan fingerprint density at radius 3 is 2.43 bits per heavy atom. The second kappa shape index (κ2) is 8.36. The van der Waals surface area contributed by atoms with E-state index < -0.39 is 8.32 Å². The number of aryl methyl sites for hydroxylation is 2. The van der Waals surface area contributed by atoms with Crippen molar-refractivity contribution in [3.8, 4) is 11.1 Å². The molecule has 0 saturated carbocycles. The van der Waals surface area contributed by atoms with Gasteiger partial charge in [0.2, 0.25) is 0 Å². The van der Waals surface area contributed by atoms with Crippen LogP contribution in [0.3, 0.4) is 0 Å². The largest absolute Gasteiger partial charge is 0.417 e. The van der Waals surface area contributed by atoms with E-state index in [0.29, 0.717) is 5.82 Å². The van der Waals surface area contributed by atoms with Crippen LogP contribution in [-0.2, 0) is 11.0 Å². The zero-order valence-corrected chi connectivity index (χ0v) is 20.1. The Morgan fingerprint density at radius 1 is 1.17 bits per heavy atom. The van der Waals surface area contributed by atoms with Crippen molar-refractivity contribution < 1.29 is 4.43 Å². The van der Waals surface area contributed by atoms with Crippen LogP contribution in [0.25, 0.3) is 28.2 Å². The number of nitrogens with two attached hydrogens (primary N) is 1. The van der Waals surface area contributed by atoms with Crippen molar-refractivity contribution >= 4 is 31.2 Å². The summed E-state index contributed by atoms with van der Waals surface area (Å²) in [5.41, 5.74) is 11.5. The van der Waals surface area contributed by atoms with E-state index >= 15 is 0 Å². The Bertz CT molecular complexity index is 1050. The lowest BCUT2D eigenvalue weighted by atomic mass is 10.0. The predicted octanol–water partition coefficient (Wildman–Crippen LogP) is 6.04. The molecular weight excluding hydrogens is 388 g/mol. The topological polar surface area (TPSA) is 66.0 Å². The van der Waals surface area contributed by atoms with Crippen molar-refractivity contribution in [2.24, 2.45) is 0 Å². The number of rotatable bonds is 7. The molecule has 0 aliphatic rings. The Kier molecular flexibility index (Phi) is 6.20. The molecule has 2 heterocycles. The third-order valence-electron chi connectivity index (χ3n) is 6.24. The first-order chi connectivity index (χ1) is 14.1. The fourth-order valence-corrected chi connectivity index (χ4v) is 4.52. The predicted molar refractivity (Wildman–Crippen MR) is 130 cm³/mol. The summed E-state index contributed by atoms with van der Waals surface area (Å²) >= 11 is 0. The van der Waals surface area contributed by atoms with Gasteiger partial charge in [0, 0.05) is 18.7 Å². The van der Waals surface area contributed by atoms with Gasteiger partial charge in [-0.1, -0.05) is 57.2 Å². The number of hydrogen-bond acceptors (Lipinski definition) is 4. The average Bonchev–Trinajstić information content (AvgIpc) is 3.00. The van der Waals surface area contributed by atoms with E-state index in [1.807, 2.05) is 6.08 Å². The second-order valence-electron chi connectivity index (χ2n) is 9.40. The summed E-state index contributed by atoms with van der Waals surface area (Å²) in [7, 11) is -1.76. The smallest absolute Gasteiger partial charge is 0.191 e. The molecule has 1 aromatic carbocycles. The summed E-state index contributed by atoms with van der Waals surface area (Å²) < 4.78 is 8.57. The number of fused-ring (bicyclic) bond motifs is 1. The lowest BCUT2D eigenvalue weighted by Crippen LogP contribution is -2.41. The highest BCUT2D eigenvalue weighted by Crippen LogP contribution is 2.38. The summed E-state index contributed by atoms with van der Waals surface area (Å²) in [5.74, 6) is 0.495. The van der Waals surface area contributed by atoms with E-state index in [4.69, 9.17) is 10.2 Å². The normalized spacial score (nSPS) is 12.5. The van der Waals surface area contributed by atoms with Crippen LogP contribution in [-0.4, -0.2) is 29.5 Å². The molecule has 0 aliphatic heterocycles. The summed E-state index contributed by atoms with van der Waals surface area (Å²) in [6.45, 7) is 19.1. The molecule has 0 unspecified atom stereocenters. The van der Waals surface area contributed by atoms with Crippen LogP contribution in [0.1, 0.15) is 38.4 Å². The van der Waals surface area contributed by atoms with Gasteiger partial charge in [0.25, 0.3) is 0 Å². The Balaban J connectivity index is 1.96. The van der Waals surface area contributed by atoms with Crippen molar-refractivity contribution in [1.82, 2.24) is 14.5 Å². The van der Waals surface area contributed by atoms with Crippen LogP contribution in [0, 0.1) is 6.92 Å². The summed E-state index contributed by atoms with van der Waals surface area (Å²) in [6, 6.07) is 8.46. The van der Waals surface area contributed by atoms with Gasteiger partial charge in [-0.3, -0.25) is 0 Å². The molecule has 0 atom stereocenters. The monoisotopic (exact) mass is 422 g/mol. The van der Waals surface area contributed by atoms with Gasteiger partial charge in [-0.2, -0.15) is 0 Å². The molecule has 2 N–H and O–H groups in total. The van der Waals surface area contributed by atoms with E-state index in [0.717, 1.165) is 47.4 Å². The minimum Gasteiger partial charge on any atom is -0.417 e. The summed E-state index contributed by atoms with van der Waals surface area (Å²) in [6.07, 6.45) is 4.32. The van der Waals surface area contributed by atoms with Crippen LogP contribution < -0.4 is 5.73 Å². The van der Waals surface area contributed by atoms with Crippen LogP contribution in [0.4, 0.5) is 5.82 Å². The van der Waals surface area contributed by atoms with Crippen LogP contribution in [0.5, 0.6) is 0 Å². The Hall–Kier alpha value is -2.44. The first-order valence-corrected chi connectivity index (χ1v) is 13.4. The second-order valence-corrected chi connectivity index (χ2v) is 14.2. The quantitative estimate of drug-likeness (QED) is 0.372. The number of nitrogen functional groups attached to an aromatic ring is 1. The van der Waals surface area contributed by atoms with Crippen molar-refractivity contribution in [3.05, 3.63) is 48.4 Å². The van der Waals surface area contributed by atoms with Gasteiger partial charge >= 0.3 is 0 Å². The van der Waals surface area contributed by atoms with Gasteiger partial charge in [0.05, 0.1) is 11.1 Å². The standard InChI is InChI=1S/C24H34N4OSi/c1-8-19-20(18-12-10-17(2)11-13-18)21-22(25)26-16-27-23(21)28(19)14-9-15-29-30(6,7)24(3,4)5/h8,10-13,16H,1,9,14-15H2,2-7H3,(H2,25,26,27). The fourth-order valence-electron chi connectivity index (χ4n) is 3.43. The lowest BCUT2D eigenvalue weighted by Gasteiger charge is -2.36. The van der Waals surface area contributed by atoms with Gasteiger partial charge in [-0.15, -0.1) is 0 Å². The molecule has 6 heteroatoms. The van der Waals surface area contributed by atoms with E-state index in [1.165, 1.54) is 11.9 Å². The highest BCUT2D eigenvalue weighted by atomic mass is 28.4. The molecule has 2 aromatic heterocycles. The van der Waals surface area contributed by atoms with Crippen molar-refractivity contribution in [2.45, 2.75) is 58.8 Å². The molecule has 0 amide bonds. The maximum absolute atomic E-state index is 6.37. The van der Waals surface area contributed by atoms with Gasteiger partial charge in [-0.25, -0.2) is 9.97 Å². The van der Waals surface area contributed by atoms with Gasteiger partial charge in [-0.05, 0) is 43.1 Å². The summed E-state index contributed by atoms with van der Waals surface area (Å²) in [4.78, 5) is 8.83. The first kappa shape index (κ1) is 22.2.